The Hall–Kier alpha value is -0.510. The third-order valence-corrected chi connectivity index (χ3v) is 5.65. The Labute approximate surface area is 178 Å². The number of hydrogen-bond acceptors (Lipinski definition) is 7. The van der Waals surface area contributed by atoms with Crippen LogP contribution in [0.2, 0.25) is 0 Å². The normalized spacial score (nSPS) is 11.3. The predicted molar refractivity (Wildman–Crippen MR) is 119 cm³/mol. The van der Waals surface area contributed by atoms with E-state index in [1.165, 1.54) is 51.0 Å². The molecule has 0 aromatic carbocycles. The van der Waals surface area contributed by atoms with Gasteiger partial charge in [0.25, 0.3) is 10.1 Å². The maximum atomic E-state index is 11.4. The first-order valence-electron chi connectivity index (χ1n) is 11.0. The molecular weight excluding hydrogens is 394 g/mol. The first-order chi connectivity index (χ1) is 14.0. The van der Waals surface area contributed by atoms with Crippen LogP contribution >= 0.6 is 0 Å². The van der Waals surface area contributed by atoms with Gasteiger partial charge in [0.1, 0.15) is 0 Å². The zero-order valence-electron chi connectivity index (χ0n) is 18.4. The smallest absolute Gasteiger partial charge is 0.267 e. The lowest BCUT2D eigenvalue weighted by Gasteiger charge is -2.17. The first-order valence-corrected chi connectivity index (χ1v) is 12.6. The fourth-order valence-corrected chi connectivity index (χ4v) is 3.72. The number of rotatable bonds is 20. The summed E-state index contributed by atoms with van der Waals surface area (Å²) < 4.78 is 27.4. The lowest BCUT2D eigenvalue weighted by molar-refractivity contribution is 0.136. The van der Waals surface area contributed by atoms with Crippen LogP contribution in [-0.2, 0) is 14.3 Å². The van der Waals surface area contributed by atoms with Gasteiger partial charge in [-0.15, -0.1) is 6.58 Å². The van der Waals surface area contributed by atoms with E-state index >= 15 is 0 Å². The van der Waals surface area contributed by atoms with Gasteiger partial charge in [-0.2, -0.15) is 8.42 Å². The average Bonchev–Trinajstić information content (AvgIpc) is 2.69. The molecule has 0 bridgehead atoms. The van der Waals surface area contributed by atoms with E-state index in [-0.39, 0.29) is 32.2 Å². The van der Waals surface area contributed by atoms with Crippen molar-refractivity contribution in [1.82, 2.24) is 4.90 Å². The van der Waals surface area contributed by atoms with E-state index in [0.717, 1.165) is 12.8 Å². The summed E-state index contributed by atoms with van der Waals surface area (Å²) >= 11 is 0. The van der Waals surface area contributed by atoms with Crippen molar-refractivity contribution >= 4 is 10.1 Å². The van der Waals surface area contributed by atoms with Gasteiger partial charge in [-0.05, 0) is 6.42 Å². The highest BCUT2D eigenvalue weighted by molar-refractivity contribution is 7.86. The lowest BCUT2D eigenvalue weighted by Crippen LogP contribution is -2.32. The fourth-order valence-electron chi connectivity index (χ4n) is 2.74. The highest BCUT2D eigenvalue weighted by Gasteiger charge is 2.09. The maximum absolute atomic E-state index is 11.4. The van der Waals surface area contributed by atoms with Crippen molar-refractivity contribution in [3.05, 3.63) is 12.7 Å². The Morgan fingerprint density at radius 2 is 1.21 bits per heavy atom. The van der Waals surface area contributed by atoms with Gasteiger partial charge in [-0.1, -0.05) is 70.8 Å². The summed E-state index contributed by atoms with van der Waals surface area (Å²) in [5.74, 6) is 0.136. The van der Waals surface area contributed by atoms with Crippen molar-refractivity contribution in [1.29, 1.82) is 0 Å². The second-order valence-electron chi connectivity index (χ2n) is 7.03. The molecule has 0 fully saturated rings. The molecule has 0 spiro atoms. The van der Waals surface area contributed by atoms with Crippen LogP contribution in [-0.4, -0.2) is 80.5 Å². The SMILES string of the molecule is C=CCOS(=O)(=O)CCCCCCCCCCCC.OCCN(CCO)CCO. The van der Waals surface area contributed by atoms with Gasteiger partial charge in [0, 0.05) is 19.6 Å². The highest BCUT2D eigenvalue weighted by Crippen LogP contribution is 2.11. The second kappa shape index (κ2) is 23.8. The third-order valence-electron chi connectivity index (χ3n) is 4.36. The van der Waals surface area contributed by atoms with E-state index in [1.807, 2.05) is 0 Å². The molecular formula is C21H45NO6S. The van der Waals surface area contributed by atoms with Crippen LogP contribution in [0.5, 0.6) is 0 Å². The average molecular weight is 440 g/mol. The molecule has 0 saturated heterocycles. The molecule has 0 rings (SSSR count). The molecule has 0 aliphatic carbocycles. The lowest BCUT2D eigenvalue weighted by atomic mass is 10.1. The van der Waals surface area contributed by atoms with Crippen LogP contribution in [0.3, 0.4) is 0 Å². The zero-order valence-corrected chi connectivity index (χ0v) is 19.3. The van der Waals surface area contributed by atoms with E-state index in [2.05, 4.69) is 13.5 Å². The van der Waals surface area contributed by atoms with Gasteiger partial charge in [0.2, 0.25) is 0 Å². The Balaban J connectivity index is 0. The summed E-state index contributed by atoms with van der Waals surface area (Å²) in [5.41, 5.74) is 0. The molecule has 0 heterocycles. The number of aliphatic hydroxyl groups excluding tert-OH is 3. The highest BCUT2D eigenvalue weighted by atomic mass is 32.2. The van der Waals surface area contributed by atoms with Crippen LogP contribution < -0.4 is 0 Å². The second-order valence-corrected chi connectivity index (χ2v) is 8.79. The quantitative estimate of drug-likeness (QED) is 0.152. The fraction of sp³-hybridized carbons (Fsp3) is 0.905. The first kappa shape index (κ1) is 30.7. The van der Waals surface area contributed by atoms with E-state index in [1.54, 1.807) is 4.90 Å². The van der Waals surface area contributed by atoms with E-state index < -0.39 is 10.1 Å². The van der Waals surface area contributed by atoms with Crippen molar-refractivity contribution in [2.45, 2.75) is 71.1 Å². The summed E-state index contributed by atoms with van der Waals surface area (Å²) in [6.07, 6.45) is 13.4. The third kappa shape index (κ3) is 25.5. The number of hydrogen-bond donors (Lipinski definition) is 3. The largest absolute Gasteiger partial charge is 0.395 e. The standard InChI is InChI=1S/C15H30O3S.C6H15NO3/c1-3-5-6-7-8-9-10-11-12-13-15-19(16,17)18-14-4-2;8-4-1-7(2-5-9)3-6-10/h4H,2-3,5-15H2,1H3;8-10H,1-6H2. The maximum Gasteiger partial charge on any atom is 0.267 e. The molecule has 0 aliphatic rings. The van der Waals surface area contributed by atoms with E-state index in [4.69, 9.17) is 19.5 Å². The Bertz CT molecular complexity index is 417. The van der Waals surface area contributed by atoms with Gasteiger partial charge < -0.3 is 15.3 Å². The predicted octanol–water partition coefficient (Wildman–Crippen LogP) is 2.71. The molecule has 176 valence electrons. The topological polar surface area (TPSA) is 107 Å². The Morgan fingerprint density at radius 3 is 1.59 bits per heavy atom. The molecule has 29 heavy (non-hydrogen) atoms. The minimum Gasteiger partial charge on any atom is -0.395 e. The molecule has 0 aromatic rings. The molecule has 0 aromatic heterocycles. The summed E-state index contributed by atoms with van der Waals surface area (Å²) in [6, 6.07) is 0. The number of nitrogens with zero attached hydrogens (tertiary/aromatic N) is 1. The summed E-state index contributed by atoms with van der Waals surface area (Å²) in [4.78, 5) is 1.79. The van der Waals surface area contributed by atoms with Crippen molar-refractivity contribution in [3.8, 4) is 0 Å². The van der Waals surface area contributed by atoms with Crippen molar-refractivity contribution in [3.63, 3.8) is 0 Å². The Morgan fingerprint density at radius 1 is 0.793 bits per heavy atom. The van der Waals surface area contributed by atoms with Crippen molar-refractivity contribution in [2.24, 2.45) is 0 Å². The molecule has 0 atom stereocenters. The minimum absolute atomic E-state index is 0.0694. The molecule has 3 N–H and O–H groups in total. The number of unbranched alkanes of at least 4 members (excludes halogenated alkanes) is 9. The van der Waals surface area contributed by atoms with E-state index in [0.29, 0.717) is 26.1 Å². The summed E-state index contributed by atoms with van der Waals surface area (Å²) in [6.45, 7) is 7.50. The summed E-state index contributed by atoms with van der Waals surface area (Å²) in [5, 5.41) is 25.5. The zero-order chi connectivity index (χ0) is 22.2. The van der Waals surface area contributed by atoms with Crippen molar-refractivity contribution < 1.29 is 27.9 Å². The molecule has 7 nitrogen and oxygen atoms in total. The number of aliphatic hydroxyl groups is 3. The Kier molecular flexibility index (Phi) is 25.1. The monoisotopic (exact) mass is 439 g/mol. The van der Waals surface area contributed by atoms with E-state index in [9.17, 15) is 8.42 Å². The van der Waals surface area contributed by atoms with Gasteiger partial charge >= 0.3 is 0 Å². The van der Waals surface area contributed by atoms with Crippen LogP contribution in [0.15, 0.2) is 12.7 Å². The molecule has 0 unspecified atom stereocenters. The molecule has 0 amide bonds. The molecule has 0 aliphatic heterocycles. The van der Waals surface area contributed by atoms with Crippen LogP contribution in [0.1, 0.15) is 71.1 Å². The van der Waals surface area contributed by atoms with Gasteiger partial charge in [0.05, 0.1) is 32.2 Å². The van der Waals surface area contributed by atoms with Crippen LogP contribution in [0.4, 0.5) is 0 Å². The van der Waals surface area contributed by atoms with Gasteiger partial charge in [0.15, 0.2) is 0 Å². The van der Waals surface area contributed by atoms with Crippen molar-refractivity contribution in [2.75, 3.05) is 51.8 Å². The molecule has 0 radical (unpaired) electrons. The molecule has 0 saturated carbocycles. The van der Waals surface area contributed by atoms with Gasteiger partial charge in [-0.3, -0.25) is 9.08 Å². The van der Waals surface area contributed by atoms with Crippen LogP contribution in [0.25, 0.3) is 0 Å². The summed E-state index contributed by atoms with van der Waals surface area (Å²) in [7, 11) is -3.32. The van der Waals surface area contributed by atoms with Crippen LogP contribution in [0, 0.1) is 0 Å². The van der Waals surface area contributed by atoms with Gasteiger partial charge in [-0.25, -0.2) is 0 Å². The minimum atomic E-state index is -3.32. The molecule has 8 heteroatoms.